The van der Waals surface area contributed by atoms with Crippen molar-refractivity contribution in [2.24, 2.45) is 11.3 Å². The molecule has 1 saturated carbocycles. The van der Waals surface area contributed by atoms with Gasteiger partial charge in [0.05, 0.1) is 0 Å². The van der Waals surface area contributed by atoms with E-state index in [2.05, 4.69) is 56.4 Å². The van der Waals surface area contributed by atoms with Crippen LogP contribution in [0.1, 0.15) is 44.5 Å². The number of benzene rings is 1. The van der Waals surface area contributed by atoms with Crippen molar-refractivity contribution >= 4 is 21.4 Å². The number of fused-ring (bicyclic) bond motifs is 1. The first-order valence-corrected chi connectivity index (χ1v) is 8.14. The van der Waals surface area contributed by atoms with Gasteiger partial charge in [0.1, 0.15) is 0 Å². The number of nitrogens with one attached hydrogen (secondary N) is 1. The summed E-state index contributed by atoms with van der Waals surface area (Å²) in [5.41, 5.74) is 0.588. The Morgan fingerprint density at radius 2 is 1.95 bits per heavy atom. The SMILES string of the molecule is CC(NCC1(C(C)C)CC1)c1cc2ccccc2s1. The molecule has 1 N–H and O–H groups in total. The van der Waals surface area contributed by atoms with Crippen LogP contribution in [0.5, 0.6) is 0 Å². The highest BCUT2D eigenvalue weighted by molar-refractivity contribution is 7.19. The Morgan fingerprint density at radius 3 is 2.58 bits per heavy atom. The molecule has 1 fully saturated rings. The largest absolute Gasteiger partial charge is 0.309 e. The third-order valence-corrected chi connectivity index (χ3v) is 6.05. The van der Waals surface area contributed by atoms with Crippen LogP contribution in [-0.4, -0.2) is 6.54 Å². The van der Waals surface area contributed by atoms with Crippen LogP contribution in [-0.2, 0) is 0 Å². The Labute approximate surface area is 120 Å². The van der Waals surface area contributed by atoms with Gasteiger partial charge in [-0.1, -0.05) is 32.0 Å². The van der Waals surface area contributed by atoms with E-state index in [0.29, 0.717) is 11.5 Å². The van der Waals surface area contributed by atoms with Crippen molar-refractivity contribution in [3.05, 3.63) is 35.2 Å². The molecule has 0 bridgehead atoms. The van der Waals surface area contributed by atoms with Crippen molar-refractivity contribution in [3.63, 3.8) is 0 Å². The third-order valence-electron chi connectivity index (χ3n) is 4.75. The maximum atomic E-state index is 3.75. The minimum atomic E-state index is 0.466. The first-order chi connectivity index (χ1) is 9.11. The average Bonchev–Trinajstić information content (AvgIpc) is 3.07. The lowest BCUT2D eigenvalue weighted by molar-refractivity contribution is 0.326. The van der Waals surface area contributed by atoms with E-state index in [9.17, 15) is 0 Å². The fraction of sp³-hybridized carbons (Fsp3) is 0.529. The van der Waals surface area contributed by atoms with Crippen molar-refractivity contribution in [2.75, 3.05) is 6.54 Å². The van der Waals surface area contributed by atoms with E-state index in [-0.39, 0.29) is 0 Å². The van der Waals surface area contributed by atoms with Crippen molar-refractivity contribution in [3.8, 4) is 0 Å². The highest BCUT2D eigenvalue weighted by Crippen LogP contribution is 2.51. The smallest absolute Gasteiger partial charge is 0.0386 e. The Hall–Kier alpha value is -0.860. The first kappa shape index (κ1) is 13.1. The van der Waals surface area contributed by atoms with E-state index >= 15 is 0 Å². The highest BCUT2D eigenvalue weighted by Gasteiger charge is 2.44. The number of rotatable bonds is 5. The van der Waals surface area contributed by atoms with Crippen LogP contribution in [0.4, 0.5) is 0 Å². The van der Waals surface area contributed by atoms with Gasteiger partial charge in [0.25, 0.3) is 0 Å². The molecule has 0 amide bonds. The molecule has 1 aliphatic rings. The molecule has 0 aliphatic heterocycles. The van der Waals surface area contributed by atoms with Gasteiger partial charge in [0.2, 0.25) is 0 Å². The summed E-state index contributed by atoms with van der Waals surface area (Å²) in [6.45, 7) is 8.18. The predicted octanol–water partition coefficient (Wildman–Crippen LogP) is 4.99. The minimum Gasteiger partial charge on any atom is -0.309 e. The number of thiophene rings is 1. The fourth-order valence-corrected chi connectivity index (χ4v) is 3.88. The molecule has 1 aromatic carbocycles. The molecule has 0 saturated heterocycles. The van der Waals surface area contributed by atoms with Gasteiger partial charge in [-0.25, -0.2) is 0 Å². The molecule has 1 aromatic heterocycles. The molecule has 1 unspecified atom stereocenters. The number of hydrogen-bond acceptors (Lipinski definition) is 2. The fourth-order valence-electron chi connectivity index (χ4n) is 2.79. The molecule has 1 atom stereocenters. The van der Waals surface area contributed by atoms with Crippen LogP contribution in [0.3, 0.4) is 0 Å². The van der Waals surface area contributed by atoms with Crippen LogP contribution < -0.4 is 5.32 Å². The summed E-state index contributed by atoms with van der Waals surface area (Å²) in [5, 5.41) is 5.13. The van der Waals surface area contributed by atoms with E-state index in [1.165, 1.54) is 34.3 Å². The summed E-state index contributed by atoms with van der Waals surface area (Å²) in [4.78, 5) is 1.46. The maximum Gasteiger partial charge on any atom is 0.0386 e. The van der Waals surface area contributed by atoms with E-state index in [1.54, 1.807) is 0 Å². The van der Waals surface area contributed by atoms with Crippen molar-refractivity contribution in [2.45, 2.75) is 39.7 Å². The molecule has 1 aliphatic carbocycles. The molecule has 0 radical (unpaired) electrons. The molecule has 2 heteroatoms. The van der Waals surface area contributed by atoms with Gasteiger partial charge in [0, 0.05) is 22.2 Å². The Morgan fingerprint density at radius 1 is 1.21 bits per heavy atom. The van der Waals surface area contributed by atoms with Crippen molar-refractivity contribution < 1.29 is 0 Å². The molecule has 3 rings (SSSR count). The topological polar surface area (TPSA) is 12.0 Å². The number of hydrogen-bond donors (Lipinski definition) is 1. The van der Waals surface area contributed by atoms with E-state index in [4.69, 9.17) is 0 Å². The monoisotopic (exact) mass is 273 g/mol. The molecular weight excluding hydrogens is 250 g/mol. The second kappa shape index (κ2) is 4.92. The van der Waals surface area contributed by atoms with Gasteiger partial charge < -0.3 is 5.32 Å². The zero-order valence-electron chi connectivity index (χ0n) is 12.1. The predicted molar refractivity (Wildman–Crippen MR) is 84.7 cm³/mol. The maximum absolute atomic E-state index is 3.75. The van der Waals surface area contributed by atoms with Gasteiger partial charge in [-0.2, -0.15) is 0 Å². The summed E-state index contributed by atoms with van der Waals surface area (Å²) in [6, 6.07) is 11.5. The standard InChI is InChI=1S/C17H23NS/c1-12(2)17(8-9-17)11-18-13(3)16-10-14-6-4-5-7-15(14)19-16/h4-7,10,12-13,18H,8-9,11H2,1-3H3. The van der Waals surface area contributed by atoms with Gasteiger partial charge in [0.15, 0.2) is 0 Å². The lowest BCUT2D eigenvalue weighted by atomic mass is 9.92. The molecule has 1 heterocycles. The lowest BCUT2D eigenvalue weighted by Gasteiger charge is -2.22. The van der Waals surface area contributed by atoms with E-state index in [1.807, 2.05) is 11.3 Å². The molecule has 2 aromatic rings. The summed E-state index contributed by atoms with van der Waals surface area (Å²) in [7, 11) is 0. The quantitative estimate of drug-likeness (QED) is 0.809. The van der Waals surface area contributed by atoms with Gasteiger partial charge in [-0.3, -0.25) is 0 Å². The highest BCUT2D eigenvalue weighted by atomic mass is 32.1. The molecular formula is C17H23NS. The van der Waals surface area contributed by atoms with Gasteiger partial charge in [-0.15, -0.1) is 11.3 Å². The van der Waals surface area contributed by atoms with Crippen LogP contribution >= 0.6 is 11.3 Å². The van der Waals surface area contributed by atoms with Crippen LogP contribution in [0.2, 0.25) is 0 Å². The van der Waals surface area contributed by atoms with Gasteiger partial charge >= 0.3 is 0 Å². The minimum absolute atomic E-state index is 0.466. The van der Waals surface area contributed by atoms with Gasteiger partial charge in [-0.05, 0) is 48.6 Å². The van der Waals surface area contributed by atoms with Crippen molar-refractivity contribution in [1.29, 1.82) is 0 Å². The summed E-state index contributed by atoms with van der Waals surface area (Å²) in [6.07, 6.45) is 2.80. The second-order valence-corrected chi connectivity index (χ2v) is 7.42. The van der Waals surface area contributed by atoms with E-state index < -0.39 is 0 Å². The summed E-state index contributed by atoms with van der Waals surface area (Å²) >= 11 is 1.92. The Balaban J connectivity index is 1.68. The van der Waals surface area contributed by atoms with Crippen LogP contribution in [0, 0.1) is 11.3 Å². The normalized spacial score (nSPS) is 18.9. The lowest BCUT2D eigenvalue weighted by Crippen LogP contribution is -2.29. The Kier molecular flexibility index (Phi) is 3.40. The summed E-state index contributed by atoms with van der Waals surface area (Å²) in [5.74, 6) is 0.801. The van der Waals surface area contributed by atoms with Crippen molar-refractivity contribution in [1.82, 2.24) is 5.32 Å². The molecule has 19 heavy (non-hydrogen) atoms. The first-order valence-electron chi connectivity index (χ1n) is 7.33. The summed E-state index contributed by atoms with van der Waals surface area (Å²) < 4.78 is 1.40. The zero-order chi connectivity index (χ0) is 13.5. The zero-order valence-corrected chi connectivity index (χ0v) is 12.9. The van der Waals surface area contributed by atoms with Crippen LogP contribution in [0.15, 0.2) is 30.3 Å². The average molecular weight is 273 g/mol. The molecule has 102 valence electrons. The Bertz CT molecular complexity index is 532. The molecule has 1 nitrogen and oxygen atoms in total. The third kappa shape index (κ3) is 2.56. The molecule has 0 spiro atoms. The second-order valence-electron chi connectivity index (χ2n) is 6.31. The van der Waals surface area contributed by atoms with Crippen LogP contribution in [0.25, 0.3) is 10.1 Å². The van der Waals surface area contributed by atoms with E-state index in [0.717, 1.165) is 5.92 Å².